The second-order valence-electron chi connectivity index (χ2n) is 6.21. The number of carbonyl (C=O) groups is 1. The monoisotopic (exact) mass is 296 g/mol. The quantitative estimate of drug-likeness (QED) is 0.852. The van der Waals surface area contributed by atoms with Crippen LogP contribution in [-0.4, -0.2) is 41.4 Å². The minimum Gasteiger partial charge on any atom is -0.444 e. The molecule has 0 radical (unpaired) electrons. The average molecular weight is 296 g/mol. The molecule has 2 atom stereocenters. The number of hydrogen-bond acceptors (Lipinski definition) is 3. The summed E-state index contributed by atoms with van der Waals surface area (Å²) >= 11 is 0. The summed E-state index contributed by atoms with van der Waals surface area (Å²) in [5.41, 5.74) is 4.51. The van der Waals surface area contributed by atoms with E-state index in [9.17, 15) is 18.0 Å². The first-order chi connectivity index (χ1) is 9.00. The number of ether oxygens (including phenoxy) is 1. The van der Waals surface area contributed by atoms with Crippen LogP contribution >= 0.6 is 0 Å². The first-order valence-corrected chi connectivity index (χ1v) is 6.82. The second kappa shape index (κ2) is 6.20. The van der Waals surface area contributed by atoms with Crippen molar-refractivity contribution in [1.82, 2.24) is 4.90 Å². The fourth-order valence-electron chi connectivity index (χ4n) is 2.23. The smallest absolute Gasteiger partial charge is 0.410 e. The van der Waals surface area contributed by atoms with Crippen molar-refractivity contribution in [2.45, 2.75) is 70.3 Å². The summed E-state index contributed by atoms with van der Waals surface area (Å²) in [7, 11) is 0. The number of carbonyl (C=O) groups excluding carboxylic acids is 1. The molecule has 1 saturated heterocycles. The van der Waals surface area contributed by atoms with Crippen molar-refractivity contribution in [2.75, 3.05) is 6.54 Å². The van der Waals surface area contributed by atoms with Gasteiger partial charge in [-0.15, -0.1) is 0 Å². The fraction of sp³-hybridized carbons (Fsp3) is 0.923. The van der Waals surface area contributed by atoms with Gasteiger partial charge in [-0.3, -0.25) is 0 Å². The topological polar surface area (TPSA) is 55.6 Å². The number of amides is 1. The Morgan fingerprint density at radius 1 is 1.35 bits per heavy atom. The zero-order valence-corrected chi connectivity index (χ0v) is 12.2. The van der Waals surface area contributed by atoms with Crippen molar-refractivity contribution in [3.05, 3.63) is 0 Å². The highest BCUT2D eigenvalue weighted by Gasteiger charge is 2.40. The van der Waals surface area contributed by atoms with E-state index >= 15 is 0 Å². The molecule has 1 rings (SSSR count). The molecule has 0 saturated carbocycles. The first-order valence-electron chi connectivity index (χ1n) is 6.82. The number of nitrogens with two attached hydrogens (primary N) is 1. The van der Waals surface area contributed by atoms with Gasteiger partial charge in [0.05, 0.1) is 0 Å². The lowest BCUT2D eigenvalue weighted by atomic mass is 9.96. The predicted molar refractivity (Wildman–Crippen MR) is 69.2 cm³/mol. The number of piperidine rings is 1. The highest BCUT2D eigenvalue weighted by Crippen LogP contribution is 2.28. The molecule has 1 aliphatic rings. The Hall–Kier alpha value is -0.980. The Bertz CT molecular complexity index is 339. The van der Waals surface area contributed by atoms with Gasteiger partial charge in [-0.2, -0.15) is 13.2 Å². The van der Waals surface area contributed by atoms with Gasteiger partial charge in [-0.25, -0.2) is 4.79 Å². The van der Waals surface area contributed by atoms with Crippen LogP contribution < -0.4 is 5.73 Å². The van der Waals surface area contributed by atoms with E-state index in [0.29, 0.717) is 13.0 Å². The first kappa shape index (κ1) is 17.1. The molecule has 1 heterocycles. The van der Waals surface area contributed by atoms with Crippen LogP contribution in [0.25, 0.3) is 0 Å². The lowest BCUT2D eigenvalue weighted by Crippen LogP contribution is -2.50. The van der Waals surface area contributed by atoms with Gasteiger partial charge in [0.25, 0.3) is 0 Å². The normalized spacial score (nSPS) is 22.6. The van der Waals surface area contributed by atoms with Gasteiger partial charge in [0.15, 0.2) is 0 Å². The van der Waals surface area contributed by atoms with Crippen molar-refractivity contribution in [3.8, 4) is 0 Å². The molecule has 2 unspecified atom stereocenters. The maximum absolute atomic E-state index is 12.5. The molecule has 1 aliphatic heterocycles. The summed E-state index contributed by atoms with van der Waals surface area (Å²) in [6.45, 7) is 5.60. The number of alkyl halides is 3. The molecule has 0 aromatic carbocycles. The number of nitrogens with zero attached hydrogens (tertiary/aromatic N) is 1. The molecule has 0 aromatic heterocycles. The van der Waals surface area contributed by atoms with Crippen LogP contribution in [0.2, 0.25) is 0 Å². The summed E-state index contributed by atoms with van der Waals surface area (Å²) in [4.78, 5) is 13.4. The van der Waals surface area contributed by atoms with Crippen LogP contribution in [0.15, 0.2) is 0 Å². The zero-order chi connectivity index (χ0) is 15.6. The average Bonchev–Trinajstić information content (AvgIpc) is 2.25. The summed E-state index contributed by atoms with van der Waals surface area (Å²) < 4.78 is 42.9. The molecule has 20 heavy (non-hydrogen) atoms. The van der Waals surface area contributed by atoms with Crippen LogP contribution in [0.4, 0.5) is 18.0 Å². The summed E-state index contributed by atoms with van der Waals surface area (Å²) in [6, 6.07) is -2.41. The summed E-state index contributed by atoms with van der Waals surface area (Å²) in [5, 5.41) is 0. The van der Waals surface area contributed by atoms with Crippen molar-refractivity contribution >= 4 is 6.09 Å². The van der Waals surface area contributed by atoms with E-state index in [1.165, 1.54) is 4.90 Å². The molecule has 1 amide bonds. The fourth-order valence-corrected chi connectivity index (χ4v) is 2.23. The number of likely N-dealkylation sites (tertiary alicyclic amines) is 1. The van der Waals surface area contributed by atoms with Crippen LogP contribution in [0.5, 0.6) is 0 Å². The Kier molecular flexibility index (Phi) is 5.29. The van der Waals surface area contributed by atoms with Crippen LogP contribution in [-0.2, 0) is 4.74 Å². The third-order valence-corrected chi connectivity index (χ3v) is 3.20. The minimum atomic E-state index is -4.43. The standard InChI is InChI=1S/C13H23F3N2O2/c1-12(2,3)20-11(19)18-7-5-4-6-9(18)8-10(17)13(14,15)16/h9-10H,4-8,17H2,1-3H3. The molecule has 2 N–H and O–H groups in total. The van der Waals surface area contributed by atoms with E-state index in [-0.39, 0.29) is 6.42 Å². The lowest BCUT2D eigenvalue weighted by molar-refractivity contribution is -0.152. The van der Waals surface area contributed by atoms with E-state index in [4.69, 9.17) is 10.5 Å². The maximum Gasteiger partial charge on any atom is 0.410 e. The Labute approximate surface area is 117 Å². The van der Waals surface area contributed by atoms with Crippen LogP contribution in [0.1, 0.15) is 46.5 Å². The predicted octanol–water partition coefficient (Wildman–Crippen LogP) is 3.06. The molecular weight excluding hydrogens is 273 g/mol. The van der Waals surface area contributed by atoms with Crippen molar-refractivity contribution in [2.24, 2.45) is 5.73 Å². The molecule has 1 fully saturated rings. The third-order valence-electron chi connectivity index (χ3n) is 3.20. The molecular formula is C13H23F3N2O2. The third kappa shape index (κ3) is 5.19. The van der Waals surface area contributed by atoms with E-state index in [1.54, 1.807) is 20.8 Å². The largest absolute Gasteiger partial charge is 0.444 e. The van der Waals surface area contributed by atoms with Crippen molar-refractivity contribution in [3.63, 3.8) is 0 Å². The molecule has 0 spiro atoms. The van der Waals surface area contributed by atoms with E-state index in [1.807, 2.05) is 0 Å². The number of hydrogen-bond donors (Lipinski definition) is 1. The highest BCUT2D eigenvalue weighted by atomic mass is 19.4. The molecule has 0 aromatic rings. The molecule has 4 nitrogen and oxygen atoms in total. The molecule has 118 valence electrons. The maximum atomic E-state index is 12.5. The summed E-state index contributed by atoms with van der Waals surface area (Å²) in [6.07, 6.45) is -3.16. The van der Waals surface area contributed by atoms with Gasteiger partial charge >= 0.3 is 12.3 Å². The van der Waals surface area contributed by atoms with Crippen molar-refractivity contribution < 1.29 is 22.7 Å². The van der Waals surface area contributed by atoms with Gasteiger partial charge in [0.2, 0.25) is 0 Å². The zero-order valence-electron chi connectivity index (χ0n) is 12.2. The SMILES string of the molecule is CC(C)(C)OC(=O)N1CCCCC1CC(N)C(F)(F)F. The summed E-state index contributed by atoms with van der Waals surface area (Å²) in [5.74, 6) is 0. The van der Waals surface area contributed by atoms with E-state index < -0.39 is 30.0 Å². The molecule has 0 aliphatic carbocycles. The van der Waals surface area contributed by atoms with E-state index in [0.717, 1.165) is 12.8 Å². The van der Waals surface area contributed by atoms with Crippen LogP contribution in [0, 0.1) is 0 Å². The highest BCUT2D eigenvalue weighted by molar-refractivity contribution is 5.68. The number of rotatable bonds is 2. The van der Waals surface area contributed by atoms with Crippen LogP contribution in [0.3, 0.4) is 0 Å². The minimum absolute atomic E-state index is 0.275. The Balaban J connectivity index is 2.69. The van der Waals surface area contributed by atoms with Gasteiger partial charge < -0.3 is 15.4 Å². The van der Waals surface area contributed by atoms with Gasteiger partial charge in [-0.05, 0) is 46.5 Å². The number of halogens is 3. The lowest BCUT2D eigenvalue weighted by Gasteiger charge is -2.38. The van der Waals surface area contributed by atoms with Crippen molar-refractivity contribution in [1.29, 1.82) is 0 Å². The Morgan fingerprint density at radius 2 is 1.95 bits per heavy atom. The van der Waals surface area contributed by atoms with Gasteiger partial charge in [-0.1, -0.05) is 0 Å². The van der Waals surface area contributed by atoms with Gasteiger partial charge in [0.1, 0.15) is 11.6 Å². The van der Waals surface area contributed by atoms with E-state index in [2.05, 4.69) is 0 Å². The molecule has 0 bridgehead atoms. The molecule has 7 heteroatoms. The Morgan fingerprint density at radius 3 is 2.45 bits per heavy atom. The van der Waals surface area contributed by atoms with Gasteiger partial charge in [0, 0.05) is 12.6 Å². The second-order valence-corrected chi connectivity index (χ2v) is 6.21.